The number of rotatable bonds is 3. The summed E-state index contributed by atoms with van der Waals surface area (Å²) in [7, 11) is -3.82. The molecule has 0 bridgehead atoms. The first kappa shape index (κ1) is 12.5. The van der Waals surface area contributed by atoms with Gasteiger partial charge in [0.2, 0.25) is 0 Å². The van der Waals surface area contributed by atoms with Crippen molar-refractivity contribution in [1.29, 1.82) is 0 Å². The Morgan fingerprint density at radius 2 is 2.18 bits per heavy atom. The maximum absolute atomic E-state index is 11.9. The van der Waals surface area contributed by atoms with E-state index in [1.54, 1.807) is 0 Å². The lowest BCUT2D eigenvalue weighted by molar-refractivity contribution is 0.601. The summed E-state index contributed by atoms with van der Waals surface area (Å²) < 4.78 is 26.5. The van der Waals surface area contributed by atoms with Crippen LogP contribution >= 0.6 is 34.5 Å². The Bertz CT molecular complexity index is 649. The van der Waals surface area contributed by atoms with Crippen LogP contribution in [0.2, 0.25) is 8.67 Å². The topological polar surface area (TPSA) is 101 Å². The van der Waals surface area contributed by atoms with E-state index >= 15 is 0 Å². The zero-order chi connectivity index (χ0) is 12.6. The summed E-state index contributed by atoms with van der Waals surface area (Å²) in [4.78, 5) is -0.0943. The predicted octanol–water partition coefficient (Wildman–Crippen LogP) is 2.16. The molecule has 0 saturated carbocycles. The van der Waals surface area contributed by atoms with Gasteiger partial charge in [-0.05, 0) is 6.07 Å². The number of anilines is 2. The lowest BCUT2D eigenvalue weighted by Gasteiger charge is -2.04. The molecule has 0 spiro atoms. The van der Waals surface area contributed by atoms with Gasteiger partial charge in [0.25, 0.3) is 10.0 Å². The second kappa shape index (κ2) is 4.37. The number of sulfonamides is 1. The third kappa shape index (κ3) is 2.49. The second-order valence-electron chi connectivity index (χ2n) is 2.99. The number of nitrogen functional groups attached to an aromatic ring is 1. The normalized spacial score (nSPS) is 11.6. The van der Waals surface area contributed by atoms with Crippen molar-refractivity contribution in [3.8, 4) is 0 Å². The molecule has 0 atom stereocenters. The third-order valence-corrected chi connectivity index (χ3v) is 4.92. The SMILES string of the molecule is Nc1cn[nH]c1NS(=O)(=O)c1cc(Cl)sc1Cl. The van der Waals surface area contributed by atoms with Gasteiger partial charge in [0.05, 0.1) is 16.2 Å². The van der Waals surface area contributed by atoms with E-state index in [1.165, 1.54) is 12.3 Å². The molecule has 0 fully saturated rings. The summed E-state index contributed by atoms with van der Waals surface area (Å²) in [5, 5.41) is 6.01. The number of nitrogens with zero attached hydrogens (tertiary/aromatic N) is 1. The smallest absolute Gasteiger partial charge is 0.265 e. The van der Waals surface area contributed by atoms with Crippen LogP contribution in [0.1, 0.15) is 0 Å². The van der Waals surface area contributed by atoms with Crippen molar-refractivity contribution in [3.05, 3.63) is 20.9 Å². The van der Waals surface area contributed by atoms with Gasteiger partial charge in [0, 0.05) is 0 Å². The molecule has 0 radical (unpaired) electrons. The van der Waals surface area contributed by atoms with Crippen LogP contribution in [-0.4, -0.2) is 18.6 Å². The lowest BCUT2D eigenvalue weighted by Crippen LogP contribution is -2.13. The first-order valence-corrected chi connectivity index (χ1v) is 7.22. The Balaban J connectivity index is 2.38. The van der Waals surface area contributed by atoms with E-state index < -0.39 is 10.0 Å². The number of hydrogen-bond donors (Lipinski definition) is 3. The van der Waals surface area contributed by atoms with Crippen molar-refractivity contribution in [2.24, 2.45) is 0 Å². The molecule has 17 heavy (non-hydrogen) atoms. The highest BCUT2D eigenvalue weighted by atomic mass is 35.5. The number of H-pyrrole nitrogens is 1. The molecule has 0 amide bonds. The van der Waals surface area contributed by atoms with Gasteiger partial charge in [0.1, 0.15) is 9.23 Å². The Kier molecular flexibility index (Phi) is 3.21. The first-order chi connectivity index (χ1) is 7.90. The molecular weight excluding hydrogens is 307 g/mol. The molecule has 92 valence electrons. The number of thiophene rings is 1. The maximum atomic E-state index is 11.9. The van der Waals surface area contributed by atoms with Gasteiger partial charge in [-0.1, -0.05) is 23.2 Å². The van der Waals surface area contributed by atoms with Crippen molar-refractivity contribution in [2.45, 2.75) is 4.90 Å². The summed E-state index contributed by atoms with van der Waals surface area (Å²) in [5.41, 5.74) is 5.68. The molecule has 4 N–H and O–H groups in total. The highest BCUT2D eigenvalue weighted by Crippen LogP contribution is 2.35. The van der Waals surface area contributed by atoms with E-state index in [0.717, 1.165) is 11.3 Å². The molecule has 2 heterocycles. The summed E-state index contributed by atoms with van der Waals surface area (Å²) in [6, 6.07) is 1.27. The van der Waals surface area contributed by atoms with E-state index in [-0.39, 0.29) is 25.1 Å². The van der Waals surface area contributed by atoms with Crippen LogP contribution in [0.15, 0.2) is 17.2 Å². The van der Waals surface area contributed by atoms with Gasteiger partial charge >= 0.3 is 0 Å². The molecule has 2 aromatic rings. The number of halogens is 2. The Labute approximate surface area is 111 Å². The number of nitrogens with one attached hydrogen (secondary N) is 2. The van der Waals surface area contributed by atoms with Crippen LogP contribution in [0.25, 0.3) is 0 Å². The van der Waals surface area contributed by atoms with E-state index in [4.69, 9.17) is 28.9 Å². The summed E-state index contributed by atoms with van der Waals surface area (Å²) in [6.45, 7) is 0. The van der Waals surface area contributed by atoms with Crippen LogP contribution in [0.3, 0.4) is 0 Å². The fourth-order valence-corrected chi connectivity index (χ4v) is 4.27. The highest BCUT2D eigenvalue weighted by Gasteiger charge is 2.22. The molecule has 6 nitrogen and oxygen atoms in total. The predicted molar refractivity (Wildman–Crippen MR) is 68.1 cm³/mol. The molecule has 10 heteroatoms. The van der Waals surface area contributed by atoms with Crippen LogP contribution in [0, 0.1) is 0 Å². The zero-order valence-electron chi connectivity index (χ0n) is 8.07. The van der Waals surface area contributed by atoms with Crippen molar-refractivity contribution in [3.63, 3.8) is 0 Å². The van der Waals surface area contributed by atoms with Crippen LogP contribution in [0.5, 0.6) is 0 Å². The molecule has 0 aliphatic heterocycles. The average Bonchev–Trinajstić information content (AvgIpc) is 2.74. The minimum atomic E-state index is -3.82. The van der Waals surface area contributed by atoms with Crippen LogP contribution in [0.4, 0.5) is 11.5 Å². The molecule has 2 rings (SSSR count). The fraction of sp³-hybridized carbons (Fsp3) is 0. The monoisotopic (exact) mass is 312 g/mol. The van der Waals surface area contributed by atoms with Crippen molar-refractivity contribution < 1.29 is 8.42 Å². The van der Waals surface area contributed by atoms with Gasteiger partial charge in [-0.25, -0.2) is 8.42 Å². The van der Waals surface area contributed by atoms with Crippen molar-refractivity contribution >= 4 is 56.1 Å². The summed E-state index contributed by atoms with van der Waals surface area (Å²) in [5.74, 6) is 0.0865. The minimum absolute atomic E-state index is 0.0839. The third-order valence-electron chi connectivity index (χ3n) is 1.82. The van der Waals surface area contributed by atoms with Gasteiger partial charge in [-0.3, -0.25) is 9.82 Å². The number of aromatic nitrogens is 2. The molecular formula is C7H6Cl2N4O2S2. The van der Waals surface area contributed by atoms with Gasteiger partial charge in [0.15, 0.2) is 5.82 Å². The summed E-state index contributed by atoms with van der Waals surface area (Å²) in [6.07, 6.45) is 1.29. The summed E-state index contributed by atoms with van der Waals surface area (Å²) >= 11 is 12.4. The standard InChI is InChI=1S/C7H6Cl2N4O2S2/c8-5-1-4(6(9)16-5)17(14,15)13-7-3(10)2-11-12-7/h1-2H,10H2,(H2,11,12,13). The number of nitrogens with two attached hydrogens (primary N) is 1. The number of hydrogen-bond acceptors (Lipinski definition) is 5. The van der Waals surface area contributed by atoms with Gasteiger partial charge in [-0.2, -0.15) is 5.10 Å². The fourth-order valence-electron chi connectivity index (χ4n) is 1.07. The molecule has 2 aromatic heterocycles. The second-order valence-corrected chi connectivity index (χ2v) is 6.93. The van der Waals surface area contributed by atoms with Crippen LogP contribution < -0.4 is 10.5 Å². The Morgan fingerprint density at radius 3 is 2.65 bits per heavy atom. The molecule has 0 unspecified atom stereocenters. The zero-order valence-corrected chi connectivity index (χ0v) is 11.2. The minimum Gasteiger partial charge on any atom is -0.394 e. The average molecular weight is 313 g/mol. The lowest BCUT2D eigenvalue weighted by atomic mass is 10.6. The van der Waals surface area contributed by atoms with E-state index in [9.17, 15) is 8.42 Å². The molecule has 0 aliphatic carbocycles. The maximum Gasteiger partial charge on any atom is 0.265 e. The Morgan fingerprint density at radius 1 is 1.47 bits per heavy atom. The Hall–Kier alpha value is -0.960. The molecule has 0 saturated heterocycles. The highest BCUT2D eigenvalue weighted by molar-refractivity contribution is 7.93. The van der Waals surface area contributed by atoms with Gasteiger partial charge in [-0.15, -0.1) is 11.3 Å². The van der Waals surface area contributed by atoms with E-state index in [1.807, 2.05) is 0 Å². The van der Waals surface area contributed by atoms with E-state index in [0.29, 0.717) is 0 Å². The first-order valence-electron chi connectivity index (χ1n) is 4.16. The van der Waals surface area contributed by atoms with Crippen LogP contribution in [-0.2, 0) is 10.0 Å². The quantitative estimate of drug-likeness (QED) is 0.808. The largest absolute Gasteiger partial charge is 0.394 e. The van der Waals surface area contributed by atoms with E-state index in [2.05, 4.69) is 14.9 Å². The molecule has 0 aromatic carbocycles. The van der Waals surface area contributed by atoms with Crippen molar-refractivity contribution in [1.82, 2.24) is 10.2 Å². The van der Waals surface area contributed by atoms with Crippen molar-refractivity contribution in [2.75, 3.05) is 10.5 Å². The molecule has 0 aliphatic rings. The number of aromatic amines is 1. The van der Waals surface area contributed by atoms with Gasteiger partial charge < -0.3 is 5.73 Å².